The van der Waals surface area contributed by atoms with Crippen molar-refractivity contribution in [3.63, 3.8) is 0 Å². The molecular weight excluding hydrogens is 154 g/mol. The largest absolute Gasteiger partial charge is 0.324 e. The normalized spacial score (nSPS) is 9.55. The Labute approximate surface area is 64.0 Å². The van der Waals surface area contributed by atoms with Crippen molar-refractivity contribution >= 4 is 0 Å². The summed E-state index contributed by atoms with van der Waals surface area (Å²) in [4.78, 5) is 17.2. The third kappa shape index (κ3) is 9.12. The summed E-state index contributed by atoms with van der Waals surface area (Å²) in [6.07, 6.45) is 2.86. The molecule has 0 heterocycles. The van der Waals surface area contributed by atoms with E-state index in [1.54, 1.807) is 0 Å². The van der Waals surface area contributed by atoms with Gasteiger partial charge in [-0.3, -0.25) is 0 Å². The second-order valence-electron chi connectivity index (χ2n) is 1.90. The highest BCUT2D eigenvalue weighted by molar-refractivity contribution is 4.32. The fraction of sp³-hybridized carbons (Fsp3) is 1.00. The van der Waals surface area contributed by atoms with Gasteiger partial charge in [-0.1, -0.05) is 19.8 Å². The Morgan fingerprint density at radius 3 is 2.73 bits per heavy atom. The van der Waals surface area contributed by atoms with Gasteiger partial charge in [-0.25, -0.2) is 4.89 Å². The van der Waals surface area contributed by atoms with E-state index in [1.807, 2.05) is 6.92 Å². The number of hydrogen-bond donors (Lipinski definition) is 0. The third-order valence-corrected chi connectivity index (χ3v) is 0.971. The average Bonchev–Trinajstić information content (AvgIpc) is 1.96. The monoisotopic (exact) mass is 165 g/mol. The molecule has 0 unspecified atom stereocenters. The van der Waals surface area contributed by atoms with Crippen molar-refractivity contribution < 1.29 is 20.0 Å². The zero-order chi connectivity index (χ0) is 8.53. The Bertz CT molecular complexity index is 107. The van der Waals surface area contributed by atoms with E-state index in [-0.39, 0.29) is 0 Å². The van der Waals surface area contributed by atoms with Crippen molar-refractivity contribution in [2.45, 2.75) is 26.2 Å². The van der Waals surface area contributed by atoms with Crippen molar-refractivity contribution in [3.8, 4) is 0 Å². The summed E-state index contributed by atoms with van der Waals surface area (Å²) in [5.74, 6) is 0. The number of unbranched alkanes of at least 4 members (excludes halogenated alkanes) is 2. The predicted molar refractivity (Wildman–Crippen MR) is 34.6 cm³/mol. The first-order valence-corrected chi connectivity index (χ1v) is 3.38. The molecule has 0 aromatic rings. The molecule has 0 saturated carbocycles. The Hall–Kier alpha value is -0.880. The van der Waals surface area contributed by atoms with Crippen LogP contribution in [0.15, 0.2) is 0 Å². The van der Waals surface area contributed by atoms with Crippen molar-refractivity contribution in [2.24, 2.45) is 0 Å². The minimum Gasteiger partial charge on any atom is -0.206 e. The molecule has 0 fully saturated rings. The van der Waals surface area contributed by atoms with Gasteiger partial charge in [-0.2, -0.15) is 0 Å². The average molecular weight is 165 g/mol. The van der Waals surface area contributed by atoms with Gasteiger partial charge in [0.15, 0.2) is 0 Å². The molecule has 0 saturated heterocycles. The Kier molecular flexibility index (Phi) is 6.65. The fourth-order valence-corrected chi connectivity index (χ4v) is 0.491. The summed E-state index contributed by atoms with van der Waals surface area (Å²) in [6.45, 7) is 2.34. The molecule has 0 aliphatic rings. The van der Waals surface area contributed by atoms with Crippen LogP contribution in [-0.2, 0) is 14.9 Å². The van der Waals surface area contributed by atoms with Crippen LogP contribution in [0, 0.1) is 10.1 Å². The lowest BCUT2D eigenvalue weighted by Gasteiger charge is -1.97. The molecule has 0 aromatic carbocycles. The summed E-state index contributed by atoms with van der Waals surface area (Å²) in [5, 5.41) is 12.1. The molecule has 0 aliphatic carbocycles. The molecule has 0 aromatic heterocycles. The number of hydrogen-bond acceptors (Lipinski definition) is 5. The summed E-state index contributed by atoms with van der Waals surface area (Å²) >= 11 is 0. The molecule has 66 valence electrons. The summed E-state index contributed by atoms with van der Waals surface area (Å²) in [5.41, 5.74) is 0. The van der Waals surface area contributed by atoms with E-state index in [1.165, 1.54) is 0 Å². The summed E-state index contributed by atoms with van der Waals surface area (Å²) in [7, 11) is 0. The van der Waals surface area contributed by atoms with Crippen LogP contribution in [-0.4, -0.2) is 11.7 Å². The minimum absolute atomic E-state index is 0.307. The molecule has 0 bridgehead atoms. The van der Waals surface area contributed by atoms with Crippen LogP contribution in [0.5, 0.6) is 0 Å². The first kappa shape index (κ1) is 10.1. The highest BCUT2D eigenvalue weighted by atomic mass is 17.6. The van der Waals surface area contributed by atoms with Gasteiger partial charge in [0.1, 0.15) is 0 Å². The first-order valence-electron chi connectivity index (χ1n) is 3.38. The smallest absolute Gasteiger partial charge is 0.206 e. The van der Waals surface area contributed by atoms with Crippen LogP contribution in [0.25, 0.3) is 0 Å². The van der Waals surface area contributed by atoms with Gasteiger partial charge < -0.3 is 0 Å². The minimum atomic E-state index is -1.08. The van der Waals surface area contributed by atoms with E-state index in [0.717, 1.165) is 19.3 Å². The fourth-order valence-electron chi connectivity index (χ4n) is 0.491. The first-order chi connectivity index (χ1) is 5.27. The molecule has 0 radical (unpaired) electrons. The summed E-state index contributed by atoms with van der Waals surface area (Å²) in [6, 6.07) is 0. The highest BCUT2D eigenvalue weighted by Crippen LogP contribution is 1.94. The topological polar surface area (TPSA) is 70.8 Å². The number of rotatable bonds is 7. The summed E-state index contributed by atoms with van der Waals surface area (Å²) < 4.78 is 0. The van der Waals surface area contributed by atoms with Crippen LogP contribution < -0.4 is 0 Å². The maximum atomic E-state index is 9.47. The second-order valence-corrected chi connectivity index (χ2v) is 1.90. The predicted octanol–water partition coefficient (Wildman–Crippen LogP) is 1.25. The molecule has 0 N–H and O–H groups in total. The van der Waals surface area contributed by atoms with Crippen LogP contribution in [0.2, 0.25) is 0 Å². The van der Waals surface area contributed by atoms with Gasteiger partial charge in [0.05, 0.1) is 6.61 Å². The van der Waals surface area contributed by atoms with Gasteiger partial charge >= 0.3 is 5.09 Å². The van der Waals surface area contributed by atoms with Crippen molar-refractivity contribution in [1.82, 2.24) is 0 Å². The lowest BCUT2D eigenvalue weighted by molar-refractivity contribution is -0.890. The quantitative estimate of drug-likeness (QED) is 0.245. The Balaban J connectivity index is 2.85. The maximum absolute atomic E-state index is 9.47. The SMILES string of the molecule is CCCCCOOO[N+](=O)[O-]. The van der Waals surface area contributed by atoms with Crippen molar-refractivity contribution in [3.05, 3.63) is 10.1 Å². The van der Waals surface area contributed by atoms with E-state index in [4.69, 9.17) is 0 Å². The van der Waals surface area contributed by atoms with Crippen LogP contribution in [0.4, 0.5) is 0 Å². The Morgan fingerprint density at radius 1 is 1.45 bits per heavy atom. The molecule has 0 amide bonds. The molecule has 0 rings (SSSR count). The molecule has 0 spiro atoms. The van der Waals surface area contributed by atoms with E-state index in [0.29, 0.717) is 6.61 Å². The standard InChI is InChI=1S/C5H11NO5/c1-2-3-4-5-9-11-10-6(7)8/h2-5H2,1H3. The molecule has 0 aliphatic heterocycles. The highest BCUT2D eigenvalue weighted by Gasteiger charge is 1.94. The second kappa shape index (κ2) is 7.23. The molecule has 11 heavy (non-hydrogen) atoms. The van der Waals surface area contributed by atoms with Gasteiger partial charge in [-0.15, -0.1) is 15.1 Å². The van der Waals surface area contributed by atoms with Crippen LogP contribution >= 0.6 is 0 Å². The lowest BCUT2D eigenvalue weighted by atomic mass is 10.3. The van der Waals surface area contributed by atoms with Crippen LogP contribution in [0.3, 0.4) is 0 Å². The zero-order valence-electron chi connectivity index (χ0n) is 6.32. The van der Waals surface area contributed by atoms with Gasteiger partial charge in [0, 0.05) is 0 Å². The number of nitrogens with zero attached hydrogens (tertiary/aromatic N) is 1. The van der Waals surface area contributed by atoms with E-state index in [2.05, 4.69) is 14.9 Å². The van der Waals surface area contributed by atoms with E-state index >= 15 is 0 Å². The van der Waals surface area contributed by atoms with E-state index < -0.39 is 5.09 Å². The van der Waals surface area contributed by atoms with Crippen LogP contribution in [0.1, 0.15) is 26.2 Å². The molecular formula is C5H11NO5. The molecule has 0 atom stereocenters. The van der Waals surface area contributed by atoms with Gasteiger partial charge in [0.25, 0.3) is 0 Å². The Morgan fingerprint density at radius 2 is 2.18 bits per heavy atom. The molecule has 6 nitrogen and oxygen atoms in total. The van der Waals surface area contributed by atoms with E-state index in [9.17, 15) is 10.1 Å². The van der Waals surface area contributed by atoms with Gasteiger partial charge in [-0.05, 0) is 11.5 Å². The van der Waals surface area contributed by atoms with Gasteiger partial charge in [0.2, 0.25) is 0 Å². The lowest BCUT2D eigenvalue weighted by Crippen LogP contribution is -2.03. The van der Waals surface area contributed by atoms with Crippen molar-refractivity contribution in [1.29, 1.82) is 0 Å². The third-order valence-electron chi connectivity index (χ3n) is 0.971. The molecule has 6 heteroatoms. The maximum Gasteiger partial charge on any atom is 0.324 e. The zero-order valence-corrected chi connectivity index (χ0v) is 6.32. The van der Waals surface area contributed by atoms with Crippen molar-refractivity contribution in [2.75, 3.05) is 6.61 Å².